The Hall–Kier alpha value is -0.380. The largest absolute Gasteiger partial charge is 0.379 e. The molecule has 82 valence electrons. The van der Waals surface area contributed by atoms with Crippen LogP contribution < -0.4 is 10.6 Å². The Morgan fingerprint density at radius 3 is 3.21 bits per heavy atom. The normalized spacial score (nSPS) is 24.5. The van der Waals surface area contributed by atoms with E-state index in [1.54, 1.807) is 0 Å². The molecular formula is C11H22N2O. The highest BCUT2D eigenvalue weighted by molar-refractivity contribution is 4.76. The summed E-state index contributed by atoms with van der Waals surface area (Å²) < 4.78 is 5.40. The summed E-state index contributed by atoms with van der Waals surface area (Å²) in [5.41, 5.74) is 0. The average molecular weight is 198 g/mol. The first-order chi connectivity index (χ1) is 6.83. The zero-order chi connectivity index (χ0) is 10.2. The van der Waals surface area contributed by atoms with Crippen molar-refractivity contribution in [2.75, 3.05) is 26.3 Å². The average Bonchev–Trinajstić information content (AvgIpc) is 2.20. The van der Waals surface area contributed by atoms with Crippen LogP contribution in [0.25, 0.3) is 0 Å². The SMILES string of the molecule is C=CCCNC(C)CC1COCCN1. The summed E-state index contributed by atoms with van der Waals surface area (Å²) in [7, 11) is 0. The zero-order valence-corrected chi connectivity index (χ0v) is 9.09. The lowest BCUT2D eigenvalue weighted by Crippen LogP contribution is -2.45. The minimum atomic E-state index is 0.523. The summed E-state index contributed by atoms with van der Waals surface area (Å²) in [5.74, 6) is 0. The Labute approximate surface area is 86.9 Å². The van der Waals surface area contributed by atoms with Gasteiger partial charge in [-0.05, 0) is 26.3 Å². The van der Waals surface area contributed by atoms with Gasteiger partial charge in [0.15, 0.2) is 0 Å². The van der Waals surface area contributed by atoms with Crippen LogP contribution in [0, 0.1) is 0 Å². The molecule has 0 aliphatic carbocycles. The minimum Gasteiger partial charge on any atom is -0.379 e. The molecule has 2 atom stereocenters. The monoisotopic (exact) mass is 198 g/mol. The van der Waals surface area contributed by atoms with E-state index in [0.29, 0.717) is 12.1 Å². The fourth-order valence-electron chi connectivity index (χ4n) is 1.71. The maximum Gasteiger partial charge on any atom is 0.0620 e. The maximum atomic E-state index is 5.40. The van der Waals surface area contributed by atoms with E-state index >= 15 is 0 Å². The van der Waals surface area contributed by atoms with Gasteiger partial charge in [0, 0.05) is 18.6 Å². The van der Waals surface area contributed by atoms with Gasteiger partial charge in [-0.1, -0.05) is 6.08 Å². The highest BCUT2D eigenvalue weighted by atomic mass is 16.5. The van der Waals surface area contributed by atoms with Crippen molar-refractivity contribution in [2.45, 2.75) is 31.8 Å². The predicted octanol–water partition coefficient (Wildman–Crippen LogP) is 0.919. The van der Waals surface area contributed by atoms with E-state index < -0.39 is 0 Å². The number of hydrogen-bond donors (Lipinski definition) is 2. The third-order valence-electron chi connectivity index (χ3n) is 2.48. The van der Waals surface area contributed by atoms with Gasteiger partial charge in [0.05, 0.1) is 13.2 Å². The molecule has 0 bridgehead atoms. The van der Waals surface area contributed by atoms with Gasteiger partial charge >= 0.3 is 0 Å². The van der Waals surface area contributed by atoms with Crippen LogP contribution in [-0.2, 0) is 4.74 Å². The first-order valence-electron chi connectivity index (χ1n) is 5.48. The van der Waals surface area contributed by atoms with E-state index in [0.717, 1.165) is 39.1 Å². The van der Waals surface area contributed by atoms with Gasteiger partial charge in [0.25, 0.3) is 0 Å². The van der Waals surface area contributed by atoms with Gasteiger partial charge in [-0.15, -0.1) is 6.58 Å². The van der Waals surface area contributed by atoms with Crippen LogP contribution in [0.15, 0.2) is 12.7 Å². The molecule has 2 unspecified atom stereocenters. The number of nitrogens with one attached hydrogen (secondary N) is 2. The van der Waals surface area contributed by atoms with Crippen LogP contribution in [0.2, 0.25) is 0 Å². The van der Waals surface area contributed by atoms with E-state index in [2.05, 4.69) is 24.1 Å². The lowest BCUT2D eigenvalue weighted by Gasteiger charge is -2.26. The van der Waals surface area contributed by atoms with Crippen molar-refractivity contribution in [1.82, 2.24) is 10.6 Å². The quantitative estimate of drug-likeness (QED) is 0.492. The van der Waals surface area contributed by atoms with Crippen molar-refractivity contribution in [3.8, 4) is 0 Å². The standard InChI is InChI=1S/C11H22N2O/c1-3-4-5-12-10(2)8-11-9-14-7-6-13-11/h3,10-13H,1,4-9H2,2H3. The fourth-order valence-corrected chi connectivity index (χ4v) is 1.71. The van der Waals surface area contributed by atoms with Gasteiger partial charge in [-0.25, -0.2) is 0 Å². The summed E-state index contributed by atoms with van der Waals surface area (Å²) in [6.45, 7) is 9.65. The van der Waals surface area contributed by atoms with Crippen LogP contribution in [0.3, 0.4) is 0 Å². The molecule has 0 aromatic carbocycles. The third-order valence-corrected chi connectivity index (χ3v) is 2.48. The van der Waals surface area contributed by atoms with Crippen LogP contribution in [0.5, 0.6) is 0 Å². The van der Waals surface area contributed by atoms with Crippen molar-refractivity contribution in [2.24, 2.45) is 0 Å². The lowest BCUT2D eigenvalue weighted by atomic mass is 10.1. The molecule has 0 saturated carbocycles. The lowest BCUT2D eigenvalue weighted by molar-refractivity contribution is 0.0713. The molecule has 1 fully saturated rings. The molecule has 0 amide bonds. The Morgan fingerprint density at radius 2 is 2.57 bits per heavy atom. The Bertz CT molecular complexity index is 155. The number of morpholine rings is 1. The summed E-state index contributed by atoms with van der Waals surface area (Å²) in [6.07, 6.45) is 4.12. The molecule has 14 heavy (non-hydrogen) atoms. The molecule has 1 rings (SSSR count). The van der Waals surface area contributed by atoms with E-state index in [-0.39, 0.29) is 0 Å². The minimum absolute atomic E-state index is 0.523. The molecule has 1 aliphatic rings. The molecule has 3 nitrogen and oxygen atoms in total. The second-order valence-electron chi connectivity index (χ2n) is 3.89. The molecule has 2 N–H and O–H groups in total. The van der Waals surface area contributed by atoms with Crippen molar-refractivity contribution in [3.05, 3.63) is 12.7 Å². The maximum absolute atomic E-state index is 5.40. The number of ether oxygens (including phenoxy) is 1. The molecule has 0 aromatic rings. The van der Waals surface area contributed by atoms with Crippen molar-refractivity contribution < 1.29 is 4.74 Å². The van der Waals surface area contributed by atoms with Crippen molar-refractivity contribution >= 4 is 0 Å². The molecule has 0 aromatic heterocycles. The highest BCUT2D eigenvalue weighted by Gasteiger charge is 2.15. The highest BCUT2D eigenvalue weighted by Crippen LogP contribution is 2.02. The van der Waals surface area contributed by atoms with Crippen LogP contribution >= 0.6 is 0 Å². The Kier molecular flexibility index (Phi) is 5.83. The number of rotatable bonds is 6. The fraction of sp³-hybridized carbons (Fsp3) is 0.818. The molecular weight excluding hydrogens is 176 g/mol. The molecule has 1 aliphatic heterocycles. The second-order valence-corrected chi connectivity index (χ2v) is 3.89. The summed E-state index contributed by atoms with van der Waals surface area (Å²) >= 11 is 0. The van der Waals surface area contributed by atoms with E-state index in [4.69, 9.17) is 4.74 Å². The molecule has 1 saturated heterocycles. The van der Waals surface area contributed by atoms with E-state index in [9.17, 15) is 0 Å². The topological polar surface area (TPSA) is 33.3 Å². The van der Waals surface area contributed by atoms with Crippen LogP contribution in [-0.4, -0.2) is 38.4 Å². The zero-order valence-electron chi connectivity index (χ0n) is 9.09. The van der Waals surface area contributed by atoms with Gasteiger partial charge in [0.1, 0.15) is 0 Å². The Balaban J connectivity index is 2.05. The van der Waals surface area contributed by atoms with E-state index in [1.807, 2.05) is 6.08 Å². The summed E-state index contributed by atoms with van der Waals surface area (Å²) in [4.78, 5) is 0. The van der Waals surface area contributed by atoms with E-state index in [1.165, 1.54) is 0 Å². The smallest absolute Gasteiger partial charge is 0.0620 e. The second kappa shape index (κ2) is 6.98. The summed E-state index contributed by atoms with van der Waals surface area (Å²) in [6, 6.07) is 1.07. The van der Waals surface area contributed by atoms with Crippen molar-refractivity contribution in [3.63, 3.8) is 0 Å². The van der Waals surface area contributed by atoms with Crippen LogP contribution in [0.1, 0.15) is 19.8 Å². The summed E-state index contributed by atoms with van der Waals surface area (Å²) in [5, 5.41) is 6.92. The Morgan fingerprint density at radius 1 is 1.71 bits per heavy atom. The van der Waals surface area contributed by atoms with Gasteiger partial charge < -0.3 is 15.4 Å². The predicted molar refractivity (Wildman–Crippen MR) is 59.5 cm³/mol. The molecule has 0 radical (unpaired) electrons. The van der Waals surface area contributed by atoms with Crippen molar-refractivity contribution in [1.29, 1.82) is 0 Å². The molecule has 1 heterocycles. The van der Waals surface area contributed by atoms with Gasteiger partial charge in [-0.2, -0.15) is 0 Å². The molecule has 0 spiro atoms. The first-order valence-corrected chi connectivity index (χ1v) is 5.48. The first kappa shape index (κ1) is 11.7. The number of hydrogen-bond acceptors (Lipinski definition) is 3. The van der Waals surface area contributed by atoms with Gasteiger partial charge in [0.2, 0.25) is 0 Å². The van der Waals surface area contributed by atoms with Crippen LogP contribution in [0.4, 0.5) is 0 Å². The molecule has 3 heteroatoms. The van der Waals surface area contributed by atoms with Gasteiger partial charge in [-0.3, -0.25) is 0 Å². The third kappa shape index (κ3) is 4.74.